The fraction of sp³-hybridized carbons (Fsp3) is 0.632. The Kier molecular flexibility index (Phi) is 10.7. The lowest BCUT2D eigenvalue weighted by molar-refractivity contribution is -0.143. The van der Waals surface area contributed by atoms with E-state index in [0.717, 1.165) is 11.0 Å². The second kappa shape index (κ2) is 14.9. The van der Waals surface area contributed by atoms with Crippen molar-refractivity contribution in [2.75, 3.05) is 13.2 Å². The van der Waals surface area contributed by atoms with Crippen LogP contribution in [0.5, 0.6) is 5.88 Å². The van der Waals surface area contributed by atoms with Crippen LogP contribution in [0.4, 0.5) is 22.4 Å². The molecule has 3 saturated carbocycles. The summed E-state index contributed by atoms with van der Waals surface area (Å²) in [5.41, 5.74) is -3.91. The number of fused-ring (bicyclic) bond motifs is 5. The lowest BCUT2D eigenvalue weighted by Crippen LogP contribution is -2.60. The number of sulfonamides is 1. The number of ether oxygens (including phenoxy) is 3. The van der Waals surface area contributed by atoms with E-state index in [-0.39, 0.29) is 30.5 Å². The summed E-state index contributed by atoms with van der Waals surface area (Å²) in [5.74, 6) is -9.43. The molecule has 0 spiro atoms. The minimum atomic E-state index is -4.30. The third-order valence-corrected chi connectivity index (χ3v) is 13.8. The molecule has 0 radical (unpaired) electrons. The van der Waals surface area contributed by atoms with Crippen molar-refractivity contribution in [2.45, 2.75) is 126 Å². The molecule has 5 aliphatic rings. The number of alkyl halides is 4. The molecule has 3 N–H and O–H groups in total. The van der Waals surface area contributed by atoms with E-state index < -0.39 is 129 Å². The van der Waals surface area contributed by atoms with Gasteiger partial charge in [0.05, 0.1) is 41.0 Å². The van der Waals surface area contributed by atoms with Gasteiger partial charge in [-0.1, -0.05) is 39.0 Å². The maximum absolute atomic E-state index is 16.1. The van der Waals surface area contributed by atoms with Crippen LogP contribution < -0.4 is 20.1 Å². The van der Waals surface area contributed by atoms with Crippen molar-refractivity contribution in [3.63, 3.8) is 0 Å². The molecule has 58 heavy (non-hydrogen) atoms. The molecule has 7 rings (SSSR count). The van der Waals surface area contributed by atoms with Gasteiger partial charge in [0.15, 0.2) is 5.69 Å². The van der Waals surface area contributed by atoms with Gasteiger partial charge in [-0.05, 0) is 69.1 Å². The van der Waals surface area contributed by atoms with E-state index in [1.807, 2.05) is 4.72 Å². The van der Waals surface area contributed by atoms with Crippen molar-refractivity contribution < 1.29 is 59.4 Å². The highest BCUT2D eigenvalue weighted by molar-refractivity contribution is 7.91. The first kappa shape index (κ1) is 41.6. The number of hydrogen-bond acceptors (Lipinski definition) is 11. The number of para-hydroxylation sites is 2. The van der Waals surface area contributed by atoms with Crippen molar-refractivity contribution >= 4 is 44.9 Å². The van der Waals surface area contributed by atoms with Crippen LogP contribution in [0, 0.1) is 11.3 Å². The monoisotopic (exact) mass is 838 g/mol. The number of carbonyl (C=O) groups is 4. The number of nitrogens with zero attached hydrogens (tertiary/aromatic N) is 3. The van der Waals surface area contributed by atoms with Crippen LogP contribution in [0.3, 0.4) is 0 Å². The zero-order valence-corrected chi connectivity index (χ0v) is 33.1. The van der Waals surface area contributed by atoms with Gasteiger partial charge in [-0.3, -0.25) is 19.1 Å². The quantitative estimate of drug-likeness (QED) is 0.283. The van der Waals surface area contributed by atoms with E-state index in [9.17, 15) is 36.4 Å². The Morgan fingerprint density at radius 2 is 1.71 bits per heavy atom. The summed E-state index contributed by atoms with van der Waals surface area (Å²) in [6, 6.07) is 3.27. The Bertz CT molecular complexity index is 2130. The number of nitrogens with one attached hydrogen (secondary N) is 3. The van der Waals surface area contributed by atoms with Gasteiger partial charge in [-0.25, -0.2) is 32.0 Å². The Hall–Kier alpha value is -4.59. The van der Waals surface area contributed by atoms with Crippen molar-refractivity contribution in [2.24, 2.45) is 11.3 Å². The van der Waals surface area contributed by atoms with E-state index >= 15 is 8.78 Å². The average molecular weight is 839 g/mol. The molecule has 4 fully saturated rings. The smallest absolute Gasteiger partial charge is 0.408 e. The topological polar surface area (TPSA) is 195 Å². The summed E-state index contributed by atoms with van der Waals surface area (Å²) < 4.78 is 105. The molecule has 3 heterocycles. The molecule has 2 aliphatic heterocycles. The van der Waals surface area contributed by atoms with Crippen LogP contribution in [-0.2, 0) is 39.8 Å². The molecule has 1 saturated heterocycles. The van der Waals surface area contributed by atoms with E-state index in [1.165, 1.54) is 19.1 Å². The fourth-order valence-electron chi connectivity index (χ4n) is 7.73. The zero-order chi connectivity index (χ0) is 42.0. The highest BCUT2D eigenvalue weighted by Crippen LogP contribution is 2.49. The minimum Gasteiger partial charge on any atom is -0.471 e. The fourth-order valence-corrected chi connectivity index (χ4v) is 9.04. The number of amides is 4. The summed E-state index contributed by atoms with van der Waals surface area (Å²) in [7, 11) is -4.30. The Morgan fingerprint density at radius 1 is 1.03 bits per heavy atom. The first-order chi connectivity index (χ1) is 27.1. The number of rotatable bonds is 6. The maximum Gasteiger partial charge on any atom is 0.408 e. The summed E-state index contributed by atoms with van der Waals surface area (Å²) in [5, 5.41) is 4.94. The molecule has 0 unspecified atom stereocenters. The van der Waals surface area contributed by atoms with Gasteiger partial charge in [0.25, 0.3) is 5.91 Å². The van der Waals surface area contributed by atoms with Gasteiger partial charge in [0, 0.05) is 6.42 Å². The zero-order valence-electron chi connectivity index (χ0n) is 32.3. The van der Waals surface area contributed by atoms with Gasteiger partial charge >= 0.3 is 12.0 Å². The van der Waals surface area contributed by atoms with Gasteiger partial charge < -0.3 is 29.7 Å². The normalized spacial score (nSPS) is 31.4. The lowest BCUT2D eigenvalue weighted by atomic mass is 9.85. The second-order valence-electron chi connectivity index (χ2n) is 17.1. The van der Waals surface area contributed by atoms with Crippen LogP contribution in [0.1, 0.15) is 78.3 Å². The van der Waals surface area contributed by atoms with E-state index in [0.29, 0.717) is 25.3 Å². The first-order valence-electron chi connectivity index (χ1n) is 19.2. The molecular formula is C38H46F4N6O9S. The van der Waals surface area contributed by atoms with Crippen LogP contribution in [0.25, 0.3) is 11.0 Å². The highest BCUT2D eigenvalue weighted by Gasteiger charge is 2.67. The minimum absolute atomic E-state index is 0.130. The molecule has 3 aliphatic carbocycles. The number of benzene rings is 1. The SMILES string of the molecule is CC(C)(C)[C@@H]1NC(=O)O[C@@H]2CCC[C@H]2OC/C=C\C(F)(F)c2nc3ccccc3nc2O[C@@H]2C[C@@H](C(=O)N[C@]3(C(=O)NS(=O)(=O)C4(C)CC4)C[C@H]3C(F)F)N(C2)C1=O. The third-order valence-electron chi connectivity index (χ3n) is 11.6. The summed E-state index contributed by atoms with van der Waals surface area (Å²) in [4.78, 5) is 65.3. The molecular weight excluding hydrogens is 793 g/mol. The Labute approximate surface area is 332 Å². The number of halogens is 4. The van der Waals surface area contributed by atoms with Gasteiger partial charge in [-0.2, -0.15) is 8.78 Å². The molecule has 1 aromatic carbocycles. The molecule has 20 heteroatoms. The van der Waals surface area contributed by atoms with Crippen molar-refractivity contribution in [3.8, 4) is 5.88 Å². The van der Waals surface area contributed by atoms with E-state index in [2.05, 4.69) is 20.6 Å². The summed E-state index contributed by atoms with van der Waals surface area (Å²) in [6.45, 7) is 5.63. The molecule has 15 nitrogen and oxygen atoms in total. The van der Waals surface area contributed by atoms with E-state index in [4.69, 9.17) is 14.2 Å². The third kappa shape index (κ3) is 8.05. The summed E-state index contributed by atoms with van der Waals surface area (Å²) in [6.07, 6.45) is -4.10. The average Bonchev–Trinajstić information content (AvgIpc) is 3.97. The van der Waals surface area contributed by atoms with Crippen molar-refractivity contribution in [3.05, 3.63) is 42.1 Å². The van der Waals surface area contributed by atoms with Gasteiger partial charge in [-0.15, -0.1) is 0 Å². The van der Waals surface area contributed by atoms with Crippen LogP contribution >= 0.6 is 0 Å². The van der Waals surface area contributed by atoms with E-state index in [1.54, 1.807) is 32.9 Å². The molecule has 316 valence electrons. The van der Waals surface area contributed by atoms with Crippen LogP contribution in [-0.4, -0.2) is 107 Å². The molecule has 2 bridgehead atoms. The number of hydrogen-bond donors (Lipinski definition) is 3. The summed E-state index contributed by atoms with van der Waals surface area (Å²) >= 11 is 0. The largest absolute Gasteiger partial charge is 0.471 e. The Morgan fingerprint density at radius 3 is 2.34 bits per heavy atom. The number of aromatic nitrogens is 2. The second-order valence-corrected chi connectivity index (χ2v) is 19.3. The lowest BCUT2D eigenvalue weighted by Gasteiger charge is -2.35. The van der Waals surface area contributed by atoms with Gasteiger partial charge in [0.2, 0.25) is 34.1 Å². The van der Waals surface area contributed by atoms with Crippen LogP contribution in [0.2, 0.25) is 0 Å². The van der Waals surface area contributed by atoms with Crippen molar-refractivity contribution in [1.82, 2.24) is 30.2 Å². The number of allylic oxidation sites excluding steroid dienone is 1. The van der Waals surface area contributed by atoms with Gasteiger partial charge in [0.1, 0.15) is 29.8 Å². The van der Waals surface area contributed by atoms with Crippen molar-refractivity contribution in [1.29, 1.82) is 0 Å². The first-order valence-corrected chi connectivity index (χ1v) is 20.7. The molecule has 2 aromatic rings. The maximum atomic E-state index is 16.1. The number of alkyl carbamates (subject to hydrolysis) is 1. The highest BCUT2D eigenvalue weighted by atomic mass is 32.2. The Balaban J connectivity index is 1.26. The molecule has 4 amide bonds. The predicted octanol–water partition coefficient (Wildman–Crippen LogP) is 3.86. The molecule has 1 aromatic heterocycles. The molecule has 7 atom stereocenters. The predicted molar refractivity (Wildman–Crippen MR) is 197 cm³/mol. The van der Waals surface area contributed by atoms with Crippen LogP contribution in [0.15, 0.2) is 36.4 Å². The number of carbonyl (C=O) groups excluding carboxylic acids is 4. The standard InChI is InChI=1S/C38H46F4N6O9S/c1-35(2,3)28-32(50)48-19-20(17-24(48)30(49)46-37(18-21(37)29(39)40)33(51)47-58(53,54)36(4)14-15-36)56-31-27(43-22-9-5-6-10-23(22)44-31)38(41,42)13-8-16-55-25-11-7-12-26(25)57-34(52)45-28/h5-6,8-10,13,20-21,24-26,28-29H,7,11-12,14-19H2,1-4H3,(H,45,52)(H,46,49)(H,47,51)/b13-8-/t20-,21+,24+,25-,26-,28-,37-/m1/s1.